The molecule has 2 aromatic rings. The first-order chi connectivity index (χ1) is 16.0. The molecular formula is C29H40N2O2. The highest BCUT2D eigenvalue weighted by Gasteiger charge is 2.34. The Balaban J connectivity index is 1.82. The summed E-state index contributed by atoms with van der Waals surface area (Å²) in [5.41, 5.74) is 2.04. The van der Waals surface area contributed by atoms with E-state index in [1.807, 2.05) is 25.3 Å². The fraction of sp³-hybridized carbons (Fsp3) is 0.552. The number of esters is 1. The molecule has 1 unspecified atom stereocenters. The third kappa shape index (κ3) is 9.00. The number of carbonyl (C=O) groups excluding carboxylic acids is 1. The first-order valence-electron chi connectivity index (χ1n) is 12.7. The minimum Gasteiger partial charge on any atom is -0.425 e. The molecule has 1 heterocycles. The number of aryl methyl sites for hydroxylation is 1. The Labute approximate surface area is 200 Å². The van der Waals surface area contributed by atoms with Crippen LogP contribution >= 0.6 is 0 Å². The van der Waals surface area contributed by atoms with Crippen LogP contribution in [-0.2, 0) is 11.2 Å². The van der Waals surface area contributed by atoms with Gasteiger partial charge < -0.3 is 4.74 Å². The summed E-state index contributed by atoms with van der Waals surface area (Å²) in [6.45, 7) is 5.95. The van der Waals surface area contributed by atoms with E-state index in [1.165, 1.54) is 56.9 Å². The van der Waals surface area contributed by atoms with E-state index >= 15 is 0 Å². The van der Waals surface area contributed by atoms with Crippen LogP contribution in [0.1, 0.15) is 97.0 Å². The molecule has 0 N–H and O–H groups in total. The van der Waals surface area contributed by atoms with Gasteiger partial charge in [0, 0.05) is 11.8 Å². The molecule has 4 heteroatoms. The summed E-state index contributed by atoms with van der Waals surface area (Å²) >= 11 is 0. The number of rotatable bonds is 15. The fourth-order valence-electron chi connectivity index (χ4n) is 3.85. The molecule has 1 aromatic heterocycles. The zero-order chi connectivity index (χ0) is 23.9. The van der Waals surface area contributed by atoms with Crippen LogP contribution in [-0.4, -0.2) is 11.0 Å². The van der Waals surface area contributed by atoms with E-state index < -0.39 is 11.4 Å². The molecule has 0 aliphatic rings. The second kappa shape index (κ2) is 14.5. The van der Waals surface area contributed by atoms with Gasteiger partial charge in [-0.2, -0.15) is 5.26 Å². The largest absolute Gasteiger partial charge is 0.425 e. The molecule has 0 bridgehead atoms. The lowest BCUT2D eigenvalue weighted by atomic mass is 9.87. The SMILES string of the molecule is CCCCCCCCCCc1ccc(-c2ccc(OC(=O)C(C)(C#N)CCCC)cc2)nc1. The monoisotopic (exact) mass is 448 g/mol. The molecule has 0 radical (unpaired) electrons. The van der Waals surface area contributed by atoms with E-state index in [1.54, 1.807) is 19.1 Å². The molecule has 0 aliphatic heterocycles. The maximum absolute atomic E-state index is 12.5. The van der Waals surface area contributed by atoms with Crippen LogP contribution in [0.25, 0.3) is 11.3 Å². The summed E-state index contributed by atoms with van der Waals surface area (Å²) in [7, 11) is 0. The first-order valence-corrected chi connectivity index (χ1v) is 12.7. The number of benzene rings is 1. The summed E-state index contributed by atoms with van der Waals surface area (Å²) in [5, 5.41) is 9.44. The average molecular weight is 449 g/mol. The van der Waals surface area contributed by atoms with E-state index in [0.717, 1.165) is 30.5 Å². The summed E-state index contributed by atoms with van der Waals surface area (Å²) in [6, 6.07) is 13.7. The predicted octanol–water partition coefficient (Wildman–Crippen LogP) is 8.06. The molecule has 0 amide bonds. The molecule has 1 aromatic carbocycles. The molecule has 2 rings (SSSR count). The number of nitriles is 1. The number of unbranched alkanes of at least 4 members (excludes halogenated alkanes) is 8. The van der Waals surface area contributed by atoms with Gasteiger partial charge >= 0.3 is 5.97 Å². The molecule has 1 atom stereocenters. The smallest absolute Gasteiger partial charge is 0.331 e. The summed E-state index contributed by atoms with van der Waals surface area (Å²) in [4.78, 5) is 17.1. The molecule has 178 valence electrons. The highest BCUT2D eigenvalue weighted by atomic mass is 16.5. The highest BCUT2D eigenvalue weighted by molar-refractivity contribution is 5.81. The van der Waals surface area contributed by atoms with Crippen molar-refractivity contribution < 1.29 is 9.53 Å². The van der Waals surface area contributed by atoms with Crippen LogP contribution in [0.3, 0.4) is 0 Å². The van der Waals surface area contributed by atoms with Crippen molar-refractivity contribution in [3.05, 3.63) is 48.2 Å². The summed E-state index contributed by atoms with van der Waals surface area (Å²) in [6.07, 6.45) is 15.9. The summed E-state index contributed by atoms with van der Waals surface area (Å²) < 4.78 is 5.49. The first kappa shape index (κ1) is 26.6. The van der Waals surface area contributed by atoms with Gasteiger partial charge in [-0.05, 0) is 62.1 Å². The lowest BCUT2D eigenvalue weighted by Gasteiger charge is -2.19. The number of hydrogen-bond acceptors (Lipinski definition) is 4. The van der Waals surface area contributed by atoms with Crippen molar-refractivity contribution in [2.75, 3.05) is 0 Å². The van der Waals surface area contributed by atoms with Gasteiger partial charge in [-0.15, -0.1) is 0 Å². The zero-order valence-electron chi connectivity index (χ0n) is 20.7. The Morgan fingerprint density at radius 1 is 0.909 bits per heavy atom. The minimum atomic E-state index is -1.11. The minimum absolute atomic E-state index is 0.452. The maximum Gasteiger partial charge on any atom is 0.331 e. The normalized spacial score (nSPS) is 12.7. The Morgan fingerprint density at radius 3 is 2.12 bits per heavy atom. The number of hydrogen-bond donors (Lipinski definition) is 0. The Bertz CT molecular complexity index is 868. The van der Waals surface area contributed by atoms with Gasteiger partial charge in [0.15, 0.2) is 5.41 Å². The lowest BCUT2D eigenvalue weighted by Crippen LogP contribution is -2.30. The van der Waals surface area contributed by atoms with E-state index in [4.69, 9.17) is 4.74 Å². The van der Waals surface area contributed by atoms with Gasteiger partial charge in [0.05, 0.1) is 11.8 Å². The number of aromatic nitrogens is 1. The van der Waals surface area contributed by atoms with Gasteiger partial charge in [0.1, 0.15) is 5.75 Å². The van der Waals surface area contributed by atoms with Crippen molar-refractivity contribution in [1.29, 1.82) is 5.26 Å². The van der Waals surface area contributed by atoms with E-state index in [9.17, 15) is 10.1 Å². The topological polar surface area (TPSA) is 63.0 Å². The van der Waals surface area contributed by atoms with E-state index in [-0.39, 0.29) is 0 Å². The van der Waals surface area contributed by atoms with Crippen molar-refractivity contribution in [2.24, 2.45) is 5.41 Å². The third-order valence-electron chi connectivity index (χ3n) is 6.23. The molecule has 4 nitrogen and oxygen atoms in total. The van der Waals surface area contributed by atoms with Crippen LogP contribution in [0.4, 0.5) is 0 Å². The second-order valence-corrected chi connectivity index (χ2v) is 9.24. The van der Waals surface area contributed by atoms with Gasteiger partial charge in [-0.1, -0.05) is 77.7 Å². The van der Waals surface area contributed by atoms with Crippen LogP contribution < -0.4 is 4.74 Å². The summed E-state index contributed by atoms with van der Waals surface area (Å²) in [5.74, 6) is -0.0392. The highest BCUT2D eigenvalue weighted by Crippen LogP contribution is 2.27. The van der Waals surface area contributed by atoms with Crippen LogP contribution in [0.15, 0.2) is 42.6 Å². The number of carbonyl (C=O) groups is 1. The van der Waals surface area contributed by atoms with Gasteiger partial charge in [0.25, 0.3) is 0 Å². The fourth-order valence-corrected chi connectivity index (χ4v) is 3.85. The molecule has 0 fully saturated rings. The van der Waals surface area contributed by atoms with Crippen molar-refractivity contribution in [3.63, 3.8) is 0 Å². The standard InChI is InChI=1S/C29H40N2O2/c1-4-6-8-9-10-11-12-13-14-24-15-20-27(31-22-24)25-16-18-26(19-17-25)33-28(32)29(3,23-30)21-7-5-2/h15-20,22H,4-14,21H2,1-3H3. The van der Waals surface area contributed by atoms with Crippen LogP contribution in [0.5, 0.6) is 5.75 Å². The van der Waals surface area contributed by atoms with E-state index in [0.29, 0.717) is 12.2 Å². The quantitative estimate of drug-likeness (QED) is 0.157. The van der Waals surface area contributed by atoms with Crippen molar-refractivity contribution >= 4 is 5.97 Å². The van der Waals surface area contributed by atoms with E-state index in [2.05, 4.69) is 30.1 Å². The molecule has 33 heavy (non-hydrogen) atoms. The molecule has 0 saturated carbocycles. The predicted molar refractivity (Wildman–Crippen MR) is 135 cm³/mol. The zero-order valence-corrected chi connectivity index (χ0v) is 20.7. The molecular weight excluding hydrogens is 408 g/mol. The van der Waals surface area contributed by atoms with Gasteiger partial charge in [-0.3, -0.25) is 4.98 Å². The van der Waals surface area contributed by atoms with Crippen molar-refractivity contribution in [1.82, 2.24) is 4.98 Å². The van der Waals surface area contributed by atoms with Crippen LogP contribution in [0, 0.1) is 16.7 Å². The molecule has 0 saturated heterocycles. The third-order valence-corrected chi connectivity index (χ3v) is 6.23. The molecule has 0 spiro atoms. The Kier molecular flexibility index (Phi) is 11.7. The lowest BCUT2D eigenvalue weighted by molar-refractivity contribution is -0.142. The van der Waals surface area contributed by atoms with Gasteiger partial charge in [-0.25, -0.2) is 4.79 Å². The molecule has 0 aliphatic carbocycles. The van der Waals surface area contributed by atoms with Crippen molar-refractivity contribution in [3.8, 4) is 23.1 Å². The number of nitrogens with zero attached hydrogens (tertiary/aromatic N) is 2. The second-order valence-electron chi connectivity index (χ2n) is 9.24. The number of ether oxygens (including phenoxy) is 1. The van der Waals surface area contributed by atoms with Crippen LogP contribution in [0.2, 0.25) is 0 Å². The average Bonchev–Trinajstić information content (AvgIpc) is 2.85. The Hall–Kier alpha value is -2.67. The number of pyridine rings is 1. The Morgan fingerprint density at radius 2 is 1.55 bits per heavy atom. The maximum atomic E-state index is 12.5. The van der Waals surface area contributed by atoms with Gasteiger partial charge in [0.2, 0.25) is 0 Å². The van der Waals surface area contributed by atoms with Crippen molar-refractivity contribution in [2.45, 2.75) is 97.8 Å².